The molecule has 3 N–H and O–H groups in total. The van der Waals surface area contributed by atoms with E-state index in [0.29, 0.717) is 17.5 Å². The molecule has 0 bridgehead atoms. The summed E-state index contributed by atoms with van der Waals surface area (Å²) < 4.78 is 51.9. The van der Waals surface area contributed by atoms with Gasteiger partial charge in [-0.1, -0.05) is 87.4 Å². The fourth-order valence-corrected chi connectivity index (χ4v) is 11.2. The molecule has 3 aromatic carbocycles. The van der Waals surface area contributed by atoms with E-state index >= 15 is 0 Å². The number of benzene rings is 3. The number of aliphatic hydroxyl groups is 3. The molecule has 3 saturated heterocycles. The smallest absolute Gasteiger partial charge is 0.365 e. The number of oxime groups is 1. The summed E-state index contributed by atoms with van der Waals surface area (Å²) in [4.78, 5) is 63.1. The van der Waals surface area contributed by atoms with Crippen LogP contribution in [0.25, 0.3) is 0 Å². The highest BCUT2D eigenvalue weighted by Crippen LogP contribution is 2.42. The van der Waals surface area contributed by atoms with Gasteiger partial charge >= 0.3 is 23.9 Å². The van der Waals surface area contributed by atoms with Crippen molar-refractivity contribution in [1.82, 2.24) is 4.90 Å². The first-order valence-electron chi connectivity index (χ1n) is 26.4. The summed E-state index contributed by atoms with van der Waals surface area (Å²) >= 11 is 0. The molecule has 76 heavy (non-hydrogen) atoms. The monoisotopic (exact) mass is 1060 g/mol. The molecule has 0 aromatic heterocycles. The number of nitrogens with zero attached hydrogens (tertiary/aromatic N) is 2. The van der Waals surface area contributed by atoms with Gasteiger partial charge in [0, 0.05) is 31.3 Å². The summed E-state index contributed by atoms with van der Waals surface area (Å²) in [5, 5.41) is 42.1. The first kappa shape index (κ1) is 60.1. The molecule has 0 amide bonds. The second-order valence-corrected chi connectivity index (χ2v) is 21.8. The van der Waals surface area contributed by atoms with Gasteiger partial charge in [0.1, 0.15) is 17.3 Å². The number of carbonyl (C=O) groups excluding carboxylic acids is 4. The number of hydrogen-bond acceptors (Lipinski definition) is 18. The predicted octanol–water partition coefficient (Wildman–Crippen LogP) is 7.16. The Morgan fingerprint density at radius 1 is 0.724 bits per heavy atom. The maximum absolute atomic E-state index is 14.8. The molecule has 18 heteroatoms. The predicted molar refractivity (Wildman–Crippen MR) is 280 cm³/mol. The molecule has 0 spiro atoms. The highest BCUT2D eigenvalue weighted by atomic mass is 16.7. The van der Waals surface area contributed by atoms with Gasteiger partial charge in [0.15, 0.2) is 24.8 Å². The summed E-state index contributed by atoms with van der Waals surface area (Å²) in [6.45, 7) is 16.6. The largest absolute Gasteiger partial charge is 0.459 e. The van der Waals surface area contributed by atoms with Crippen LogP contribution in [-0.4, -0.2) is 155 Å². The lowest BCUT2D eigenvalue weighted by molar-refractivity contribution is -0.317. The van der Waals surface area contributed by atoms with E-state index in [1.54, 1.807) is 146 Å². The number of methoxy groups -OCH3 is 1. The van der Waals surface area contributed by atoms with E-state index in [1.165, 1.54) is 14.0 Å². The molecule has 18 atom stereocenters. The van der Waals surface area contributed by atoms with Crippen LogP contribution in [0.3, 0.4) is 0 Å². The Hall–Kier alpha value is -5.15. The molecule has 3 aliphatic heterocycles. The van der Waals surface area contributed by atoms with E-state index in [0.717, 1.165) is 0 Å². The number of cyclic esters (lactones) is 1. The molecule has 3 aromatic rings. The van der Waals surface area contributed by atoms with Crippen molar-refractivity contribution in [2.24, 2.45) is 28.8 Å². The summed E-state index contributed by atoms with van der Waals surface area (Å²) in [6, 6.07) is 24.8. The zero-order valence-electron chi connectivity index (χ0n) is 46.2. The molecule has 418 valence electrons. The zero-order valence-corrected chi connectivity index (χ0v) is 46.2. The molecule has 2 unspecified atom stereocenters. The minimum absolute atomic E-state index is 0.00626. The maximum Gasteiger partial charge on any atom is 0.365 e. The van der Waals surface area contributed by atoms with Crippen molar-refractivity contribution in [1.29, 1.82) is 0 Å². The molecular formula is C58H80N2O16. The first-order chi connectivity index (χ1) is 35.8. The van der Waals surface area contributed by atoms with E-state index in [2.05, 4.69) is 5.16 Å². The molecule has 3 heterocycles. The second-order valence-electron chi connectivity index (χ2n) is 21.8. The van der Waals surface area contributed by atoms with E-state index in [1.807, 2.05) is 25.9 Å². The van der Waals surface area contributed by atoms with E-state index in [9.17, 15) is 34.5 Å². The van der Waals surface area contributed by atoms with Crippen LogP contribution in [0.5, 0.6) is 0 Å². The average Bonchev–Trinajstić information content (AvgIpc) is 3.39. The Morgan fingerprint density at radius 2 is 1.26 bits per heavy atom. The van der Waals surface area contributed by atoms with Crippen molar-refractivity contribution in [3.63, 3.8) is 0 Å². The summed E-state index contributed by atoms with van der Waals surface area (Å²) in [6.07, 6.45) is -10.9. The fraction of sp³-hybridized carbons (Fsp3) is 0.603. The lowest BCUT2D eigenvalue weighted by atomic mass is 9.73. The molecule has 0 radical (unpaired) electrons. The molecule has 6 rings (SSSR count). The van der Waals surface area contributed by atoms with Gasteiger partial charge in [0.05, 0.1) is 70.5 Å². The van der Waals surface area contributed by atoms with Crippen molar-refractivity contribution >= 4 is 29.6 Å². The van der Waals surface area contributed by atoms with Crippen LogP contribution in [0, 0.1) is 23.7 Å². The Kier molecular flexibility index (Phi) is 20.2. The fourth-order valence-electron chi connectivity index (χ4n) is 11.2. The van der Waals surface area contributed by atoms with Crippen LogP contribution in [0.1, 0.15) is 126 Å². The number of carbonyl (C=O) groups is 4. The lowest BCUT2D eigenvalue weighted by Crippen LogP contribution is -2.62. The molecule has 18 nitrogen and oxygen atoms in total. The SMILES string of the molecule is CCC1OC(=O)[C@H](C)C(O[C@H]2C[C@@](C)(OC)[C@@H](OC(=O)c3ccccc3)[C@H](C)O2)[C@H](C)[C@@H](O[C@@H]2O[C@H](C)C[C@H](N(C)C)[C@H]2OC(=O)c2ccccc2)[C@](C)(O)C[C@@H](C)/C(=N\OC(=O)c2ccccc2)[C@H](C)[C@@H](O)[C@]1(C)O. The average molecular weight is 1060 g/mol. The number of ether oxygens (including phenoxy) is 8. The van der Waals surface area contributed by atoms with Gasteiger partial charge in [-0.2, -0.15) is 0 Å². The van der Waals surface area contributed by atoms with Crippen molar-refractivity contribution in [2.75, 3.05) is 21.2 Å². The van der Waals surface area contributed by atoms with Crippen molar-refractivity contribution in [3.8, 4) is 0 Å². The highest BCUT2D eigenvalue weighted by Gasteiger charge is 2.55. The second kappa shape index (κ2) is 25.5. The molecule has 3 fully saturated rings. The third-order valence-electron chi connectivity index (χ3n) is 15.5. The zero-order chi connectivity index (χ0) is 55.9. The van der Waals surface area contributed by atoms with Crippen LogP contribution in [0.2, 0.25) is 0 Å². The van der Waals surface area contributed by atoms with Crippen molar-refractivity contribution < 1.29 is 77.2 Å². The van der Waals surface area contributed by atoms with E-state index in [4.69, 9.17) is 42.7 Å². The third-order valence-corrected chi connectivity index (χ3v) is 15.5. The number of likely N-dealkylation sites (N-methyl/N-ethyl adjacent to an activating group) is 1. The van der Waals surface area contributed by atoms with Crippen LogP contribution < -0.4 is 0 Å². The Bertz CT molecular complexity index is 2420. The first-order valence-corrected chi connectivity index (χ1v) is 26.4. The van der Waals surface area contributed by atoms with Gasteiger partial charge < -0.3 is 63.0 Å². The minimum atomic E-state index is -2.10. The lowest BCUT2D eigenvalue weighted by Gasteiger charge is -2.49. The van der Waals surface area contributed by atoms with Crippen LogP contribution in [0.15, 0.2) is 96.2 Å². The summed E-state index contributed by atoms with van der Waals surface area (Å²) in [5.41, 5.74) is -4.32. The molecule has 3 aliphatic rings. The van der Waals surface area contributed by atoms with Gasteiger partial charge in [0.2, 0.25) is 0 Å². The quantitative estimate of drug-likeness (QED) is 0.0668. The Balaban J connectivity index is 1.47. The summed E-state index contributed by atoms with van der Waals surface area (Å²) in [5.74, 6) is -6.90. The van der Waals surface area contributed by atoms with Crippen molar-refractivity contribution in [3.05, 3.63) is 108 Å². The van der Waals surface area contributed by atoms with Crippen molar-refractivity contribution in [2.45, 2.75) is 179 Å². The maximum atomic E-state index is 14.8. The van der Waals surface area contributed by atoms with E-state index in [-0.39, 0.29) is 30.5 Å². The summed E-state index contributed by atoms with van der Waals surface area (Å²) in [7, 11) is 5.21. The van der Waals surface area contributed by atoms with Gasteiger partial charge in [-0.3, -0.25) is 4.79 Å². The van der Waals surface area contributed by atoms with Gasteiger partial charge in [-0.15, -0.1) is 0 Å². The molecule has 0 aliphatic carbocycles. The van der Waals surface area contributed by atoms with Crippen LogP contribution >= 0.6 is 0 Å². The highest BCUT2D eigenvalue weighted by molar-refractivity contribution is 5.92. The molecular weight excluding hydrogens is 981 g/mol. The number of aliphatic hydroxyl groups excluding tert-OH is 1. The van der Waals surface area contributed by atoms with Crippen LogP contribution in [0.4, 0.5) is 0 Å². The standard InChI is InChI=1S/C58H80N2O16/c1-14-43-58(10,67)48(61)35(4)45(59-76-54(65)41-28-22-17-23-29-41)33(2)31-56(8,66)49(75-55-47(42(60(11)12)30-34(3)69-55)73-52(63)39-24-18-15-19-25-39)36(5)46(37(6)51(62)71-43)72-44-32-57(9,68-13)50(38(7)70-44)74-53(64)40-26-20-16-21-27-40/h15-29,33-38,42-44,46-50,55,61,66-67H,14,30-32H2,1-13H3/b59-45+/t33-,34-,35+,36+,37-,38+,42+,43?,44+,46?,47-,48-,49-,50+,55+,56-,57-,58-/m1/s1. The van der Waals surface area contributed by atoms with Gasteiger partial charge in [0.25, 0.3) is 0 Å². The third kappa shape index (κ3) is 13.9. The minimum Gasteiger partial charge on any atom is -0.459 e. The number of hydrogen-bond donors (Lipinski definition) is 3. The number of rotatable bonds is 13. The topological polar surface area (TPSA) is 228 Å². The van der Waals surface area contributed by atoms with Gasteiger partial charge in [-0.25, -0.2) is 14.4 Å². The van der Waals surface area contributed by atoms with E-state index < -0.39 is 132 Å². The van der Waals surface area contributed by atoms with Crippen LogP contribution in [-0.2, 0) is 47.5 Å². The normalized spacial score (nSPS) is 37.4. The molecule has 0 saturated carbocycles. The number of esters is 3. The van der Waals surface area contributed by atoms with Gasteiger partial charge in [-0.05, 0) is 111 Å². The Labute approximate surface area is 447 Å². The Morgan fingerprint density at radius 3 is 1.79 bits per heavy atom.